The van der Waals surface area contributed by atoms with E-state index in [1.165, 1.54) is 18.4 Å². The number of hydrogen-bond donors (Lipinski definition) is 0. The normalized spacial score (nSPS) is 13.3. The van der Waals surface area contributed by atoms with E-state index in [-0.39, 0.29) is 11.6 Å². The lowest BCUT2D eigenvalue weighted by atomic mass is 10.0. The molecule has 0 saturated carbocycles. The van der Waals surface area contributed by atoms with Crippen molar-refractivity contribution in [3.05, 3.63) is 84.3 Å². The van der Waals surface area contributed by atoms with Gasteiger partial charge >= 0.3 is 0 Å². The van der Waals surface area contributed by atoms with Gasteiger partial charge in [-0.2, -0.15) is 5.10 Å². The van der Waals surface area contributed by atoms with Gasteiger partial charge in [-0.15, -0.1) is 4.21 Å². The van der Waals surface area contributed by atoms with Crippen molar-refractivity contribution in [2.75, 3.05) is 12.0 Å². The van der Waals surface area contributed by atoms with Crippen LogP contribution in [-0.2, 0) is 27.6 Å². The number of benzene rings is 3. The molecule has 0 fully saturated rings. The minimum atomic E-state index is -3.05. The number of aryl methyl sites for hydroxylation is 1. The number of ether oxygens (including phenoxy) is 1. The Hall–Kier alpha value is -3.03. The highest BCUT2D eigenvalue weighted by Gasteiger charge is 2.10. The highest BCUT2D eigenvalue weighted by Crippen LogP contribution is 2.24. The van der Waals surface area contributed by atoms with Crippen LogP contribution >= 0.6 is 0 Å². The molecule has 0 spiro atoms. The molecule has 1 unspecified atom stereocenters. The van der Waals surface area contributed by atoms with Crippen LogP contribution in [0.1, 0.15) is 5.56 Å². The Labute approximate surface area is 175 Å². The van der Waals surface area contributed by atoms with Crippen LogP contribution in [0.3, 0.4) is 0 Å². The van der Waals surface area contributed by atoms with Crippen LogP contribution in [0.2, 0.25) is 0 Å². The van der Waals surface area contributed by atoms with E-state index in [0.717, 1.165) is 27.6 Å². The Morgan fingerprint density at radius 2 is 1.87 bits per heavy atom. The summed E-state index contributed by atoms with van der Waals surface area (Å²) in [6, 6.07) is 20.0. The van der Waals surface area contributed by atoms with Gasteiger partial charge < -0.3 is 9.29 Å². The quantitative estimate of drug-likeness (QED) is 0.404. The molecule has 0 aliphatic heterocycles. The van der Waals surface area contributed by atoms with Crippen LogP contribution in [0.5, 0.6) is 5.75 Å². The Morgan fingerprint density at radius 1 is 1.07 bits per heavy atom. The highest BCUT2D eigenvalue weighted by molar-refractivity contribution is 7.96. The molecule has 0 N–H and O–H groups in total. The molecule has 0 aliphatic rings. The van der Waals surface area contributed by atoms with Crippen LogP contribution < -0.4 is 4.74 Å². The average molecular weight is 424 g/mol. The van der Waals surface area contributed by atoms with Crippen molar-refractivity contribution in [1.82, 2.24) is 9.78 Å². The van der Waals surface area contributed by atoms with Crippen molar-refractivity contribution < 1.29 is 17.9 Å². The fourth-order valence-corrected chi connectivity index (χ4v) is 3.74. The number of sulfone groups is 1. The van der Waals surface area contributed by atoms with Gasteiger partial charge in [0.05, 0.1) is 24.5 Å². The van der Waals surface area contributed by atoms with Crippen LogP contribution in [0, 0.1) is 5.82 Å². The van der Waals surface area contributed by atoms with E-state index in [2.05, 4.69) is 5.10 Å². The molecule has 30 heavy (non-hydrogen) atoms. The minimum absolute atomic E-state index is 0.0480. The molecule has 4 aromatic rings. The largest absolute Gasteiger partial charge is 0.615 e. The zero-order chi connectivity index (χ0) is 21.1. The molecule has 1 heterocycles. The standard InChI is InChI=1S/C23H21FN2O3S/c1-30(27,28)12-11-26-23-10-9-22(14-20(23)15-25-26)29-16-17-3-2-4-19(13-17)18-5-7-21(24)8-6-18/h2-10,13-15H,11-12,16H2,1H3. The van der Waals surface area contributed by atoms with Gasteiger partial charge in [-0.25, -0.2) is 4.39 Å². The average Bonchev–Trinajstić information content (AvgIpc) is 3.13. The summed E-state index contributed by atoms with van der Waals surface area (Å²) < 4.78 is 43.5. The Morgan fingerprint density at radius 3 is 2.63 bits per heavy atom. The summed E-state index contributed by atoms with van der Waals surface area (Å²) in [6.07, 6.45) is 2.93. The topological polar surface area (TPSA) is 67.2 Å². The summed E-state index contributed by atoms with van der Waals surface area (Å²) in [5, 5.41) is 5.17. The van der Waals surface area contributed by atoms with Crippen molar-refractivity contribution in [3.63, 3.8) is 0 Å². The van der Waals surface area contributed by atoms with E-state index in [4.69, 9.17) is 4.74 Å². The molecule has 1 aromatic heterocycles. The Bertz CT molecular complexity index is 1210. The van der Waals surface area contributed by atoms with Crippen molar-refractivity contribution in [1.29, 1.82) is 0 Å². The fraction of sp³-hybridized carbons (Fsp3) is 0.174. The molecular weight excluding hydrogens is 403 g/mol. The number of fused-ring (bicyclic) bond motifs is 1. The second kappa shape index (κ2) is 8.38. The summed E-state index contributed by atoms with van der Waals surface area (Å²) in [5.41, 5.74) is 3.81. The predicted molar refractivity (Wildman–Crippen MR) is 116 cm³/mol. The number of aromatic nitrogens is 2. The third-order valence-electron chi connectivity index (χ3n) is 4.80. The van der Waals surface area contributed by atoms with E-state index < -0.39 is 10.2 Å². The minimum Gasteiger partial charge on any atom is -0.615 e. The summed E-state index contributed by atoms with van der Waals surface area (Å²) in [7, 11) is -3.05. The smallest absolute Gasteiger partial charge is 0.128 e. The number of halogens is 1. The van der Waals surface area contributed by atoms with Gasteiger partial charge in [-0.05, 0) is 53.1 Å². The SMILES string of the molecule is C[S+](=O)([O-])CCn1ncc2cc(OCc3cccc(-c4ccc(F)cc4)c3)ccc21. The van der Waals surface area contributed by atoms with Crippen LogP contribution in [0.15, 0.2) is 72.9 Å². The number of nitrogens with zero attached hydrogens (tertiary/aromatic N) is 2. The summed E-state index contributed by atoms with van der Waals surface area (Å²) in [4.78, 5) is 0. The van der Waals surface area contributed by atoms with Gasteiger partial charge in [-0.3, -0.25) is 4.68 Å². The van der Waals surface area contributed by atoms with Crippen LogP contribution in [0.25, 0.3) is 22.0 Å². The lowest BCUT2D eigenvalue weighted by Crippen LogP contribution is -2.17. The van der Waals surface area contributed by atoms with Crippen molar-refractivity contribution >= 4 is 21.1 Å². The van der Waals surface area contributed by atoms with E-state index in [1.807, 2.05) is 42.5 Å². The van der Waals surface area contributed by atoms with E-state index in [0.29, 0.717) is 18.9 Å². The molecule has 3 aromatic carbocycles. The lowest BCUT2D eigenvalue weighted by Gasteiger charge is -2.10. The fourth-order valence-electron chi connectivity index (χ4n) is 3.24. The Balaban J connectivity index is 1.45. The van der Waals surface area contributed by atoms with Gasteiger partial charge in [0.2, 0.25) is 0 Å². The predicted octanol–water partition coefficient (Wildman–Crippen LogP) is 4.68. The second-order valence-corrected chi connectivity index (χ2v) is 9.47. The molecular formula is C23H21FN2O3S. The zero-order valence-corrected chi connectivity index (χ0v) is 17.3. The number of hydrogen-bond acceptors (Lipinski definition) is 4. The first kappa shape index (κ1) is 20.3. The molecule has 0 aliphatic carbocycles. The van der Waals surface area contributed by atoms with E-state index in [1.54, 1.807) is 23.0 Å². The number of rotatable bonds is 7. The van der Waals surface area contributed by atoms with Crippen LogP contribution in [-0.4, -0.2) is 26.3 Å². The molecule has 154 valence electrons. The first-order chi connectivity index (χ1) is 14.4. The maximum absolute atomic E-state index is 13.1. The van der Waals surface area contributed by atoms with E-state index >= 15 is 0 Å². The van der Waals surface area contributed by atoms with Crippen molar-refractivity contribution in [3.8, 4) is 16.9 Å². The second-order valence-electron chi connectivity index (χ2n) is 7.21. The molecule has 0 radical (unpaired) electrons. The Kier molecular flexibility index (Phi) is 5.65. The zero-order valence-electron chi connectivity index (χ0n) is 16.5. The molecule has 4 rings (SSSR count). The lowest BCUT2D eigenvalue weighted by molar-refractivity contribution is 0.306. The van der Waals surface area contributed by atoms with Gasteiger partial charge in [0.15, 0.2) is 0 Å². The maximum Gasteiger partial charge on any atom is 0.128 e. The summed E-state index contributed by atoms with van der Waals surface area (Å²) in [6.45, 7) is 0.710. The van der Waals surface area contributed by atoms with E-state index in [9.17, 15) is 13.2 Å². The third-order valence-corrected chi connectivity index (χ3v) is 5.72. The van der Waals surface area contributed by atoms with Gasteiger partial charge in [0.1, 0.15) is 23.9 Å². The maximum atomic E-state index is 13.1. The highest BCUT2D eigenvalue weighted by atomic mass is 32.3. The summed E-state index contributed by atoms with van der Waals surface area (Å²) >= 11 is 0. The first-order valence-electron chi connectivity index (χ1n) is 9.48. The summed E-state index contributed by atoms with van der Waals surface area (Å²) in [5.74, 6) is 0.498. The first-order valence-corrected chi connectivity index (χ1v) is 11.5. The monoisotopic (exact) mass is 424 g/mol. The van der Waals surface area contributed by atoms with Crippen molar-refractivity contribution in [2.45, 2.75) is 13.2 Å². The van der Waals surface area contributed by atoms with Gasteiger partial charge in [0, 0.05) is 15.6 Å². The molecule has 0 saturated heterocycles. The molecule has 0 bridgehead atoms. The molecule has 1 atom stereocenters. The molecule has 0 amide bonds. The van der Waals surface area contributed by atoms with Crippen LogP contribution in [0.4, 0.5) is 4.39 Å². The molecule has 7 heteroatoms. The molecule has 5 nitrogen and oxygen atoms in total. The van der Waals surface area contributed by atoms with Gasteiger partial charge in [-0.1, -0.05) is 30.3 Å². The van der Waals surface area contributed by atoms with Gasteiger partial charge in [0.25, 0.3) is 0 Å². The third kappa shape index (κ3) is 4.93. The van der Waals surface area contributed by atoms with Crippen molar-refractivity contribution in [2.24, 2.45) is 0 Å².